The van der Waals surface area contributed by atoms with Crippen LogP contribution in [0.2, 0.25) is 0 Å². The number of nitrogens with two attached hydrogens (primary N) is 1. The van der Waals surface area contributed by atoms with Crippen molar-refractivity contribution < 1.29 is 17.9 Å². The molecule has 2 nitrogen and oxygen atoms in total. The highest BCUT2D eigenvalue weighted by Crippen LogP contribution is 2.34. The van der Waals surface area contributed by atoms with Gasteiger partial charge in [0.2, 0.25) is 0 Å². The van der Waals surface area contributed by atoms with Crippen LogP contribution < -0.4 is 10.5 Å². The number of halogens is 3. The summed E-state index contributed by atoms with van der Waals surface area (Å²) in [6, 6.07) is 8.47. The minimum absolute atomic E-state index is 0.00480. The molecule has 0 saturated heterocycles. The van der Waals surface area contributed by atoms with E-state index in [1.807, 2.05) is 19.1 Å². The molecule has 1 aromatic heterocycles. The van der Waals surface area contributed by atoms with Gasteiger partial charge < -0.3 is 10.5 Å². The van der Waals surface area contributed by atoms with Crippen LogP contribution in [0.5, 0.6) is 5.75 Å². The van der Waals surface area contributed by atoms with Crippen molar-refractivity contribution in [1.82, 2.24) is 0 Å². The van der Waals surface area contributed by atoms with Crippen LogP contribution >= 0.6 is 11.3 Å². The van der Waals surface area contributed by atoms with E-state index in [2.05, 4.69) is 4.74 Å². The standard InChI is InChI=1S/C13H12F3NOS/c1-8-2-5-12(19-8)9-3-4-10(7-17)11(6-9)18-13(14,15)16/h2-6H,7,17H2,1H3. The lowest BCUT2D eigenvalue weighted by Crippen LogP contribution is -2.18. The second kappa shape index (κ2) is 5.22. The maximum Gasteiger partial charge on any atom is 0.573 e. The van der Waals surface area contributed by atoms with E-state index in [9.17, 15) is 13.2 Å². The van der Waals surface area contributed by atoms with Gasteiger partial charge in [0, 0.05) is 21.9 Å². The predicted molar refractivity (Wildman–Crippen MR) is 69.1 cm³/mol. The van der Waals surface area contributed by atoms with Crippen LogP contribution in [0, 0.1) is 6.92 Å². The first-order chi connectivity index (χ1) is 8.89. The quantitative estimate of drug-likeness (QED) is 0.923. The van der Waals surface area contributed by atoms with Gasteiger partial charge in [-0.1, -0.05) is 12.1 Å². The third-order valence-corrected chi connectivity index (χ3v) is 3.59. The van der Waals surface area contributed by atoms with Crippen LogP contribution in [0.25, 0.3) is 10.4 Å². The number of rotatable bonds is 3. The average molecular weight is 287 g/mol. The lowest BCUT2D eigenvalue weighted by molar-refractivity contribution is -0.274. The van der Waals surface area contributed by atoms with Gasteiger partial charge in [0.15, 0.2) is 0 Å². The minimum atomic E-state index is -4.71. The molecule has 1 heterocycles. The molecule has 0 aliphatic rings. The molecule has 2 N–H and O–H groups in total. The topological polar surface area (TPSA) is 35.2 Å². The normalized spacial score (nSPS) is 11.6. The third kappa shape index (κ3) is 3.48. The third-order valence-electron chi connectivity index (χ3n) is 2.54. The van der Waals surface area contributed by atoms with Gasteiger partial charge in [0.05, 0.1) is 0 Å². The number of alkyl halides is 3. The van der Waals surface area contributed by atoms with Crippen LogP contribution in [0.1, 0.15) is 10.4 Å². The van der Waals surface area contributed by atoms with Crippen molar-refractivity contribution in [2.45, 2.75) is 19.8 Å². The molecule has 19 heavy (non-hydrogen) atoms. The van der Waals surface area contributed by atoms with Crippen LogP contribution in [-0.4, -0.2) is 6.36 Å². The summed E-state index contributed by atoms with van der Waals surface area (Å²) >= 11 is 1.51. The lowest BCUT2D eigenvalue weighted by atomic mass is 10.1. The van der Waals surface area contributed by atoms with Gasteiger partial charge in [-0.15, -0.1) is 24.5 Å². The molecule has 0 radical (unpaired) electrons. The number of aryl methyl sites for hydroxylation is 1. The smallest absolute Gasteiger partial charge is 0.405 e. The van der Waals surface area contributed by atoms with Crippen molar-refractivity contribution in [1.29, 1.82) is 0 Å². The first kappa shape index (κ1) is 13.9. The van der Waals surface area contributed by atoms with Gasteiger partial charge in [-0.05, 0) is 30.7 Å². The maximum atomic E-state index is 12.3. The van der Waals surface area contributed by atoms with Crippen LogP contribution in [0.15, 0.2) is 30.3 Å². The second-order valence-corrected chi connectivity index (χ2v) is 5.27. The fourth-order valence-corrected chi connectivity index (χ4v) is 2.55. The Morgan fingerprint density at radius 1 is 1.21 bits per heavy atom. The van der Waals surface area contributed by atoms with E-state index >= 15 is 0 Å². The van der Waals surface area contributed by atoms with Crippen molar-refractivity contribution in [3.8, 4) is 16.2 Å². The molecular weight excluding hydrogens is 275 g/mol. The van der Waals surface area contributed by atoms with E-state index in [1.165, 1.54) is 17.4 Å². The molecule has 0 spiro atoms. The summed E-state index contributed by atoms with van der Waals surface area (Å²) in [6.07, 6.45) is -4.71. The Hall–Kier alpha value is -1.53. The number of hydrogen-bond acceptors (Lipinski definition) is 3. The SMILES string of the molecule is Cc1ccc(-c2ccc(CN)c(OC(F)(F)F)c2)s1. The Bertz CT molecular complexity index is 578. The summed E-state index contributed by atoms with van der Waals surface area (Å²) in [5.41, 5.74) is 6.44. The molecule has 0 atom stereocenters. The van der Waals surface area contributed by atoms with E-state index in [-0.39, 0.29) is 12.3 Å². The Kier molecular flexibility index (Phi) is 3.82. The summed E-state index contributed by atoms with van der Waals surface area (Å²) in [5, 5.41) is 0. The highest BCUT2D eigenvalue weighted by molar-refractivity contribution is 7.15. The number of thiophene rings is 1. The summed E-state index contributed by atoms with van der Waals surface area (Å²) in [6.45, 7) is 1.94. The largest absolute Gasteiger partial charge is 0.573 e. The van der Waals surface area contributed by atoms with Gasteiger partial charge in [-0.2, -0.15) is 0 Å². The molecule has 2 aromatic rings. The van der Waals surface area contributed by atoms with Crippen molar-refractivity contribution >= 4 is 11.3 Å². The monoisotopic (exact) mass is 287 g/mol. The molecule has 2 rings (SSSR count). The number of ether oxygens (including phenoxy) is 1. The Labute approximate surface area is 112 Å². The Morgan fingerprint density at radius 2 is 1.95 bits per heavy atom. The number of benzene rings is 1. The fraction of sp³-hybridized carbons (Fsp3) is 0.231. The first-order valence-corrected chi connectivity index (χ1v) is 6.36. The van der Waals surface area contributed by atoms with Crippen molar-refractivity contribution in [2.24, 2.45) is 5.73 Å². The molecule has 102 valence electrons. The van der Waals surface area contributed by atoms with E-state index in [0.717, 1.165) is 9.75 Å². The van der Waals surface area contributed by atoms with E-state index in [0.29, 0.717) is 11.1 Å². The highest BCUT2D eigenvalue weighted by atomic mass is 32.1. The summed E-state index contributed by atoms with van der Waals surface area (Å²) in [7, 11) is 0. The van der Waals surface area contributed by atoms with E-state index in [4.69, 9.17) is 5.73 Å². The molecule has 6 heteroatoms. The highest BCUT2D eigenvalue weighted by Gasteiger charge is 2.32. The molecular formula is C13H12F3NOS. The Balaban J connectivity index is 2.40. The van der Waals surface area contributed by atoms with Gasteiger partial charge in [-0.3, -0.25) is 0 Å². The maximum absolute atomic E-state index is 12.3. The van der Waals surface area contributed by atoms with Gasteiger partial charge >= 0.3 is 6.36 Å². The average Bonchev–Trinajstić information content (AvgIpc) is 2.74. The zero-order valence-corrected chi connectivity index (χ0v) is 10.9. The van der Waals surface area contributed by atoms with Crippen LogP contribution in [0.4, 0.5) is 13.2 Å². The van der Waals surface area contributed by atoms with E-state index < -0.39 is 6.36 Å². The minimum Gasteiger partial charge on any atom is -0.405 e. The van der Waals surface area contributed by atoms with E-state index in [1.54, 1.807) is 12.1 Å². The molecule has 0 bridgehead atoms. The van der Waals surface area contributed by atoms with Crippen LogP contribution in [-0.2, 0) is 6.54 Å². The molecule has 0 fully saturated rings. The van der Waals surface area contributed by atoms with Gasteiger partial charge in [0.25, 0.3) is 0 Å². The molecule has 1 aromatic carbocycles. The van der Waals surface area contributed by atoms with Gasteiger partial charge in [0.1, 0.15) is 5.75 Å². The predicted octanol–water partition coefficient (Wildman–Crippen LogP) is 4.08. The van der Waals surface area contributed by atoms with Gasteiger partial charge in [-0.25, -0.2) is 0 Å². The molecule has 0 aliphatic heterocycles. The molecule has 0 unspecified atom stereocenters. The van der Waals surface area contributed by atoms with Crippen molar-refractivity contribution in [3.63, 3.8) is 0 Å². The van der Waals surface area contributed by atoms with Crippen molar-refractivity contribution in [3.05, 3.63) is 40.8 Å². The lowest BCUT2D eigenvalue weighted by Gasteiger charge is -2.13. The zero-order chi connectivity index (χ0) is 14.0. The first-order valence-electron chi connectivity index (χ1n) is 5.54. The Morgan fingerprint density at radius 3 is 2.47 bits per heavy atom. The summed E-state index contributed by atoms with van der Waals surface area (Å²) in [5.74, 6) is -0.237. The fourth-order valence-electron chi connectivity index (χ4n) is 1.69. The van der Waals surface area contributed by atoms with Crippen molar-refractivity contribution in [2.75, 3.05) is 0 Å². The second-order valence-electron chi connectivity index (χ2n) is 3.98. The zero-order valence-electron chi connectivity index (χ0n) is 10.1. The summed E-state index contributed by atoms with van der Waals surface area (Å²) in [4.78, 5) is 1.99. The molecule has 0 saturated carbocycles. The van der Waals surface area contributed by atoms with Crippen LogP contribution in [0.3, 0.4) is 0 Å². The molecule has 0 amide bonds. The summed E-state index contributed by atoms with van der Waals surface area (Å²) < 4.78 is 41.0. The number of hydrogen-bond donors (Lipinski definition) is 1. The molecule has 0 aliphatic carbocycles.